The third kappa shape index (κ3) is 5.00. The van der Waals surface area contributed by atoms with Crippen LogP contribution in [-0.2, 0) is 6.42 Å². The number of halogens is 1. The Bertz CT molecular complexity index is 299. The van der Waals surface area contributed by atoms with Crippen molar-refractivity contribution < 1.29 is 0 Å². The van der Waals surface area contributed by atoms with Gasteiger partial charge in [0.05, 0.1) is 0 Å². The van der Waals surface area contributed by atoms with Crippen molar-refractivity contribution in [2.75, 3.05) is 6.54 Å². The SMILES string of the molecule is CCCNC(CC)CCc1cccc(Cl)c1. The minimum atomic E-state index is 0.638. The van der Waals surface area contributed by atoms with Crippen molar-refractivity contribution in [3.05, 3.63) is 34.9 Å². The van der Waals surface area contributed by atoms with Crippen molar-refractivity contribution in [1.82, 2.24) is 5.32 Å². The van der Waals surface area contributed by atoms with E-state index in [9.17, 15) is 0 Å². The number of aryl methyl sites for hydroxylation is 1. The standard InChI is InChI=1S/C14H22ClN/c1-3-10-16-14(4-2)9-8-12-6-5-7-13(15)11-12/h5-7,11,14,16H,3-4,8-10H2,1-2H3. The van der Waals surface area contributed by atoms with Crippen LogP contribution in [0.2, 0.25) is 5.02 Å². The molecule has 0 aromatic heterocycles. The highest BCUT2D eigenvalue weighted by atomic mass is 35.5. The van der Waals surface area contributed by atoms with E-state index in [-0.39, 0.29) is 0 Å². The van der Waals surface area contributed by atoms with Crippen LogP contribution < -0.4 is 5.32 Å². The summed E-state index contributed by atoms with van der Waals surface area (Å²) in [6.45, 7) is 5.57. The molecule has 1 nitrogen and oxygen atoms in total. The van der Waals surface area contributed by atoms with Crippen LogP contribution in [-0.4, -0.2) is 12.6 Å². The average molecular weight is 240 g/mol. The van der Waals surface area contributed by atoms with Crippen LogP contribution in [0.3, 0.4) is 0 Å². The van der Waals surface area contributed by atoms with Crippen LogP contribution in [0.15, 0.2) is 24.3 Å². The van der Waals surface area contributed by atoms with E-state index in [4.69, 9.17) is 11.6 Å². The van der Waals surface area contributed by atoms with Crippen molar-refractivity contribution in [2.45, 2.75) is 45.6 Å². The maximum Gasteiger partial charge on any atom is 0.0408 e. The summed E-state index contributed by atoms with van der Waals surface area (Å²) in [6.07, 6.45) is 4.70. The zero-order valence-electron chi connectivity index (χ0n) is 10.3. The van der Waals surface area contributed by atoms with Crippen LogP contribution in [0.1, 0.15) is 38.7 Å². The van der Waals surface area contributed by atoms with Crippen molar-refractivity contribution in [1.29, 1.82) is 0 Å². The van der Waals surface area contributed by atoms with Crippen molar-refractivity contribution in [3.8, 4) is 0 Å². The minimum Gasteiger partial charge on any atom is -0.314 e. The molecule has 0 fully saturated rings. The van der Waals surface area contributed by atoms with E-state index in [0.29, 0.717) is 6.04 Å². The summed E-state index contributed by atoms with van der Waals surface area (Å²) in [4.78, 5) is 0. The Balaban J connectivity index is 2.37. The normalized spacial score (nSPS) is 12.7. The van der Waals surface area contributed by atoms with E-state index in [1.54, 1.807) is 0 Å². The van der Waals surface area contributed by atoms with Crippen molar-refractivity contribution in [3.63, 3.8) is 0 Å². The lowest BCUT2D eigenvalue weighted by atomic mass is 10.0. The molecule has 0 aliphatic heterocycles. The fraction of sp³-hybridized carbons (Fsp3) is 0.571. The third-order valence-electron chi connectivity index (χ3n) is 2.85. The van der Waals surface area contributed by atoms with Gasteiger partial charge in [0.25, 0.3) is 0 Å². The molecule has 0 spiro atoms. The Hall–Kier alpha value is -0.530. The van der Waals surface area contributed by atoms with Gasteiger partial charge >= 0.3 is 0 Å². The molecule has 90 valence electrons. The van der Waals surface area contributed by atoms with E-state index in [1.807, 2.05) is 12.1 Å². The summed E-state index contributed by atoms with van der Waals surface area (Å²) in [7, 11) is 0. The van der Waals surface area contributed by atoms with E-state index in [1.165, 1.54) is 24.8 Å². The molecule has 1 aromatic carbocycles. The molecule has 0 saturated carbocycles. The van der Waals surface area contributed by atoms with Gasteiger partial charge in [0, 0.05) is 11.1 Å². The molecule has 1 atom stereocenters. The summed E-state index contributed by atoms with van der Waals surface area (Å²) in [5.74, 6) is 0. The van der Waals surface area contributed by atoms with Gasteiger partial charge in [0.15, 0.2) is 0 Å². The first-order chi connectivity index (χ1) is 7.76. The molecule has 1 aromatic rings. The Morgan fingerprint density at radius 3 is 2.75 bits per heavy atom. The predicted octanol–water partition coefficient (Wildman–Crippen LogP) is 4.05. The van der Waals surface area contributed by atoms with Crippen LogP contribution >= 0.6 is 11.6 Å². The molecule has 0 aliphatic rings. The summed E-state index contributed by atoms with van der Waals surface area (Å²) >= 11 is 5.96. The van der Waals surface area contributed by atoms with E-state index in [0.717, 1.165) is 18.0 Å². The Labute approximate surface area is 104 Å². The minimum absolute atomic E-state index is 0.638. The van der Waals surface area contributed by atoms with Crippen molar-refractivity contribution in [2.24, 2.45) is 0 Å². The van der Waals surface area contributed by atoms with Gasteiger partial charge in [0.2, 0.25) is 0 Å². The highest BCUT2D eigenvalue weighted by Gasteiger charge is 2.05. The zero-order valence-corrected chi connectivity index (χ0v) is 11.1. The first-order valence-electron chi connectivity index (χ1n) is 6.24. The summed E-state index contributed by atoms with van der Waals surface area (Å²) in [6, 6.07) is 8.81. The third-order valence-corrected chi connectivity index (χ3v) is 3.08. The number of hydrogen-bond donors (Lipinski definition) is 1. The number of hydrogen-bond acceptors (Lipinski definition) is 1. The second kappa shape index (κ2) is 7.70. The van der Waals surface area contributed by atoms with Crippen molar-refractivity contribution >= 4 is 11.6 Å². The average Bonchev–Trinajstić information content (AvgIpc) is 2.29. The highest BCUT2D eigenvalue weighted by molar-refractivity contribution is 6.30. The highest BCUT2D eigenvalue weighted by Crippen LogP contribution is 2.13. The topological polar surface area (TPSA) is 12.0 Å². The quantitative estimate of drug-likeness (QED) is 0.757. The number of benzene rings is 1. The smallest absolute Gasteiger partial charge is 0.0408 e. The van der Waals surface area contributed by atoms with Crippen LogP contribution in [0.25, 0.3) is 0 Å². The van der Waals surface area contributed by atoms with E-state index >= 15 is 0 Å². The molecule has 1 N–H and O–H groups in total. The molecular formula is C14H22ClN. The molecule has 1 unspecified atom stereocenters. The molecule has 0 bridgehead atoms. The molecule has 0 heterocycles. The first-order valence-corrected chi connectivity index (χ1v) is 6.61. The lowest BCUT2D eigenvalue weighted by Gasteiger charge is -2.16. The Morgan fingerprint density at radius 2 is 2.12 bits per heavy atom. The summed E-state index contributed by atoms with van der Waals surface area (Å²) in [5, 5.41) is 4.41. The van der Waals surface area contributed by atoms with Crippen LogP contribution in [0, 0.1) is 0 Å². The zero-order chi connectivity index (χ0) is 11.8. The molecule has 0 radical (unpaired) electrons. The maximum absolute atomic E-state index is 5.96. The van der Waals surface area contributed by atoms with Gasteiger partial charge in [-0.3, -0.25) is 0 Å². The van der Waals surface area contributed by atoms with Gasteiger partial charge in [-0.25, -0.2) is 0 Å². The van der Waals surface area contributed by atoms with Crippen LogP contribution in [0.5, 0.6) is 0 Å². The van der Waals surface area contributed by atoms with Gasteiger partial charge in [-0.1, -0.05) is 37.6 Å². The number of rotatable bonds is 7. The van der Waals surface area contributed by atoms with Gasteiger partial charge in [-0.15, -0.1) is 0 Å². The molecule has 0 saturated heterocycles. The molecular weight excluding hydrogens is 218 g/mol. The molecule has 0 amide bonds. The summed E-state index contributed by atoms with van der Waals surface area (Å²) in [5.41, 5.74) is 1.34. The van der Waals surface area contributed by atoms with E-state index < -0.39 is 0 Å². The molecule has 2 heteroatoms. The molecule has 1 rings (SSSR count). The first kappa shape index (κ1) is 13.5. The lowest BCUT2D eigenvalue weighted by Crippen LogP contribution is -2.29. The fourth-order valence-electron chi connectivity index (χ4n) is 1.83. The van der Waals surface area contributed by atoms with Crippen LogP contribution in [0.4, 0.5) is 0 Å². The fourth-order valence-corrected chi connectivity index (χ4v) is 2.05. The second-order valence-electron chi connectivity index (χ2n) is 4.23. The second-order valence-corrected chi connectivity index (χ2v) is 4.66. The lowest BCUT2D eigenvalue weighted by molar-refractivity contribution is 0.468. The summed E-state index contributed by atoms with van der Waals surface area (Å²) < 4.78 is 0. The molecule has 16 heavy (non-hydrogen) atoms. The number of nitrogens with one attached hydrogen (secondary N) is 1. The predicted molar refractivity (Wildman–Crippen MR) is 72.1 cm³/mol. The van der Waals surface area contributed by atoms with Gasteiger partial charge < -0.3 is 5.32 Å². The van der Waals surface area contributed by atoms with Gasteiger partial charge in [0.1, 0.15) is 0 Å². The van der Waals surface area contributed by atoms with E-state index in [2.05, 4.69) is 31.3 Å². The Morgan fingerprint density at radius 1 is 1.31 bits per heavy atom. The van der Waals surface area contributed by atoms with Gasteiger partial charge in [-0.2, -0.15) is 0 Å². The molecule has 0 aliphatic carbocycles. The van der Waals surface area contributed by atoms with Gasteiger partial charge in [-0.05, 0) is 49.9 Å². The maximum atomic E-state index is 5.96. The largest absolute Gasteiger partial charge is 0.314 e. The Kier molecular flexibility index (Phi) is 6.51. The monoisotopic (exact) mass is 239 g/mol.